The molecular formula is C18H17N3O4. The molecule has 7 heteroatoms. The van der Waals surface area contributed by atoms with Gasteiger partial charge in [0.25, 0.3) is 5.91 Å². The Labute approximate surface area is 144 Å². The molecule has 0 unspecified atom stereocenters. The second-order valence-corrected chi connectivity index (χ2v) is 5.34. The summed E-state index contributed by atoms with van der Waals surface area (Å²) in [6.45, 7) is 1.77. The van der Waals surface area contributed by atoms with Crippen LogP contribution in [0, 0.1) is 6.92 Å². The Hall–Kier alpha value is -3.35. The third kappa shape index (κ3) is 3.03. The maximum absolute atomic E-state index is 12.7. The minimum Gasteiger partial charge on any atom is -0.493 e. The van der Waals surface area contributed by atoms with E-state index in [1.54, 1.807) is 61.0 Å². The van der Waals surface area contributed by atoms with Crippen LogP contribution in [-0.2, 0) is 4.74 Å². The summed E-state index contributed by atoms with van der Waals surface area (Å²) in [7, 11) is 2.88. The van der Waals surface area contributed by atoms with Gasteiger partial charge in [0.15, 0.2) is 11.4 Å². The highest BCUT2D eigenvalue weighted by atomic mass is 16.5. The van der Waals surface area contributed by atoms with Crippen molar-refractivity contribution < 1.29 is 19.1 Å². The van der Waals surface area contributed by atoms with Gasteiger partial charge in [-0.1, -0.05) is 0 Å². The van der Waals surface area contributed by atoms with Gasteiger partial charge in [-0.2, -0.15) is 0 Å². The zero-order valence-corrected chi connectivity index (χ0v) is 14.1. The molecule has 128 valence electrons. The highest BCUT2D eigenvalue weighted by Crippen LogP contribution is 2.22. The molecule has 2 heterocycles. The number of anilines is 1. The van der Waals surface area contributed by atoms with E-state index in [1.807, 2.05) is 0 Å². The number of imidazole rings is 1. The van der Waals surface area contributed by atoms with E-state index in [0.717, 1.165) is 0 Å². The summed E-state index contributed by atoms with van der Waals surface area (Å²) in [5.74, 6) is -0.140. The van der Waals surface area contributed by atoms with Gasteiger partial charge in [0.2, 0.25) is 0 Å². The van der Waals surface area contributed by atoms with Crippen molar-refractivity contribution in [3.63, 3.8) is 0 Å². The monoisotopic (exact) mass is 339 g/mol. The molecule has 3 aromatic rings. The van der Waals surface area contributed by atoms with E-state index >= 15 is 0 Å². The number of hydrogen-bond acceptors (Lipinski definition) is 5. The average molecular weight is 339 g/mol. The van der Waals surface area contributed by atoms with Crippen molar-refractivity contribution in [3.05, 3.63) is 59.5 Å². The van der Waals surface area contributed by atoms with E-state index in [0.29, 0.717) is 34.0 Å². The molecule has 0 fully saturated rings. The lowest BCUT2D eigenvalue weighted by molar-refractivity contribution is 0.0600. The number of benzene rings is 1. The third-order valence-electron chi connectivity index (χ3n) is 3.79. The number of carbonyl (C=O) groups is 2. The predicted octanol–water partition coefficient (Wildman–Crippen LogP) is 2.69. The molecule has 25 heavy (non-hydrogen) atoms. The first kappa shape index (κ1) is 16.5. The Bertz CT molecular complexity index is 945. The Kier molecular flexibility index (Phi) is 4.38. The first-order valence-electron chi connectivity index (χ1n) is 7.56. The largest absolute Gasteiger partial charge is 0.493 e. The van der Waals surface area contributed by atoms with Crippen LogP contribution in [0.25, 0.3) is 5.65 Å². The fourth-order valence-corrected chi connectivity index (χ4v) is 2.59. The van der Waals surface area contributed by atoms with Crippen molar-refractivity contribution in [2.45, 2.75) is 6.92 Å². The van der Waals surface area contributed by atoms with Crippen LogP contribution in [0.3, 0.4) is 0 Å². The van der Waals surface area contributed by atoms with Crippen molar-refractivity contribution in [2.75, 3.05) is 19.5 Å². The number of esters is 1. The highest BCUT2D eigenvalue weighted by Gasteiger charge is 2.18. The topological polar surface area (TPSA) is 81.9 Å². The Morgan fingerprint density at radius 2 is 1.84 bits per heavy atom. The molecule has 0 aliphatic heterocycles. The van der Waals surface area contributed by atoms with Gasteiger partial charge in [-0.25, -0.2) is 9.78 Å². The van der Waals surface area contributed by atoms with E-state index in [2.05, 4.69) is 15.0 Å². The summed E-state index contributed by atoms with van der Waals surface area (Å²) in [4.78, 5) is 28.5. The normalized spacial score (nSPS) is 10.5. The van der Waals surface area contributed by atoms with Gasteiger partial charge in [-0.3, -0.25) is 9.20 Å². The smallest absolute Gasteiger partial charge is 0.337 e. The van der Waals surface area contributed by atoms with Crippen LogP contribution in [0.2, 0.25) is 0 Å². The molecule has 1 amide bonds. The van der Waals surface area contributed by atoms with Gasteiger partial charge in [0, 0.05) is 11.9 Å². The number of rotatable bonds is 4. The van der Waals surface area contributed by atoms with Crippen molar-refractivity contribution in [3.8, 4) is 5.75 Å². The molecule has 0 saturated heterocycles. The summed E-state index contributed by atoms with van der Waals surface area (Å²) < 4.78 is 11.6. The third-order valence-corrected chi connectivity index (χ3v) is 3.79. The predicted molar refractivity (Wildman–Crippen MR) is 92.2 cm³/mol. The number of nitrogens with zero attached hydrogens (tertiary/aromatic N) is 2. The molecule has 1 aromatic carbocycles. The Balaban J connectivity index is 1.90. The van der Waals surface area contributed by atoms with Crippen molar-refractivity contribution in [1.29, 1.82) is 0 Å². The maximum Gasteiger partial charge on any atom is 0.337 e. The van der Waals surface area contributed by atoms with Crippen LogP contribution in [0.1, 0.15) is 26.5 Å². The summed E-state index contributed by atoms with van der Waals surface area (Å²) in [6.07, 6.45) is 1.76. The lowest BCUT2D eigenvalue weighted by atomic mass is 10.2. The molecule has 0 aliphatic rings. The van der Waals surface area contributed by atoms with Gasteiger partial charge in [0.05, 0.1) is 25.5 Å². The second-order valence-electron chi connectivity index (χ2n) is 5.34. The molecule has 1 N–H and O–H groups in total. The molecular weight excluding hydrogens is 322 g/mol. The first-order chi connectivity index (χ1) is 12.0. The molecule has 0 bridgehead atoms. The number of methoxy groups -OCH3 is 2. The molecule has 2 aromatic heterocycles. The molecule has 0 saturated carbocycles. The molecule has 0 atom stereocenters. The molecule has 0 aliphatic carbocycles. The number of nitrogens with one attached hydrogen (secondary N) is 1. The Morgan fingerprint density at radius 1 is 1.12 bits per heavy atom. The highest BCUT2D eigenvalue weighted by molar-refractivity contribution is 6.04. The van der Waals surface area contributed by atoms with Crippen LogP contribution in [0.4, 0.5) is 5.69 Å². The number of ether oxygens (including phenoxy) is 2. The van der Waals surface area contributed by atoms with Gasteiger partial charge < -0.3 is 14.8 Å². The number of pyridine rings is 1. The summed E-state index contributed by atoms with van der Waals surface area (Å²) >= 11 is 0. The van der Waals surface area contributed by atoms with Crippen molar-refractivity contribution in [1.82, 2.24) is 9.38 Å². The van der Waals surface area contributed by atoms with E-state index < -0.39 is 5.97 Å². The number of fused-ring (bicyclic) bond motifs is 1. The maximum atomic E-state index is 12.7. The van der Waals surface area contributed by atoms with Crippen LogP contribution in [0.15, 0.2) is 42.6 Å². The van der Waals surface area contributed by atoms with E-state index in [9.17, 15) is 9.59 Å². The summed E-state index contributed by atoms with van der Waals surface area (Å²) in [5, 5.41) is 2.81. The second kappa shape index (κ2) is 6.64. The van der Waals surface area contributed by atoms with Gasteiger partial charge >= 0.3 is 5.97 Å². The summed E-state index contributed by atoms with van der Waals surface area (Å²) in [6, 6.07) is 10.0. The van der Waals surface area contributed by atoms with Crippen molar-refractivity contribution >= 4 is 23.2 Å². The van der Waals surface area contributed by atoms with E-state index in [-0.39, 0.29) is 5.91 Å². The number of carbonyl (C=O) groups excluding carboxylic acids is 2. The zero-order valence-electron chi connectivity index (χ0n) is 14.1. The fourth-order valence-electron chi connectivity index (χ4n) is 2.59. The molecule has 3 rings (SSSR count). The lowest BCUT2D eigenvalue weighted by Gasteiger charge is -2.07. The van der Waals surface area contributed by atoms with Crippen LogP contribution in [-0.4, -0.2) is 35.5 Å². The number of aryl methyl sites for hydroxylation is 1. The molecule has 0 spiro atoms. The standard InChI is InChI=1S/C18H17N3O4/c1-11-15(21-10-4-5-14(24-2)16(21)19-11)17(22)20-13-8-6-12(7-9-13)18(23)25-3/h4-10H,1-3H3,(H,20,22). The van der Waals surface area contributed by atoms with E-state index in [1.165, 1.54) is 7.11 Å². The minimum atomic E-state index is -0.428. The SMILES string of the molecule is COC(=O)c1ccc(NC(=O)c2c(C)nc3c(OC)cccn23)cc1. The van der Waals surface area contributed by atoms with Crippen LogP contribution < -0.4 is 10.1 Å². The zero-order chi connectivity index (χ0) is 18.0. The number of aromatic nitrogens is 2. The first-order valence-corrected chi connectivity index (χ1v) is 7.56. The minimum absolute atomic E-state index is 0.302. The quantitative estimate of drug-likeness (QED) is 0.739. The van der Waals surface area contributed by atoms with E-state index in [4.69, 9.17) is 4.74 Å². The number of hydrogen-bond donors (Lipinski definition) is 1. The summed E-state index contributed by atoms with van der Waals surface area (Å²) in [5.41, 5.74) is 2.57. The molecule has 7 nitrogen and oxygen atoms in total. The van der Waals surface area contributed by atoms with Gasteiger partial charge in [-0.05, 0) is 43.3 Å². The van der Waals surface area contributed by atoms with Gasteiger partial charge in [-0.15, -0.1) is 0 Å². The Morgan fingerprint density at radius 3 is 2.48 bits per heavy atom. The van der Waals surface area contributed by atoms with Gasteiger partial charge in [0.1, 0.15) is 5.69 Å². The lowest BCUT2D eigenvalue weighted by Crippen LogP contribution is -2.15. The fraction of sp³-hybridized carbons (Fsp3) is 0.167. The van der Waals surface area contributed by atoms with Crippen LogP contribution in [0.5, 0.6) is 5.75 Å². The number of amides is 1. The average Bonchev–Trinajstić information content (AvgIpc) is 2.97. The van der Waals surface area contributed by atoms with Crippen molar-refractivity contribution in [2.24, 2.45) is 0 Å². The molecule has 0 radical (unpaired) electrons. The van der Waals surface area contributed by atoms with Crippen LogP contribution >= 0.6 is 0 Å².